The van der Waals surface area contributed by atoms with E-state index in [2.05, 4.69) is 20.8 Å². The number of hydrogen-bond acceptors (Lipinski definition) is 7. The van der Waals surface area contributed by atoms with Crippen LogP contribution in [0.25, 0.3) is 0 Å². The van der Waals surface area contributed by atoms with Gasteiger partial charge in [0.2, 0.25) is 6.29 Å². The molecule has 1 heterocycles. The average molecular weight is 586 g/mol. The zero-order chi connectivity index (χ0) is 30.1. The SMILES string of the molecule is CCCCCCCCO[C@H]1O[C@H](OC(=O)C(C)CN(C)C)[C@H](OCCCCCCCC)[C@H]1OCCCCCCCC. The summed E-state index contributed by atoms with van der Waals surface area (Å²) in [7, 11) is 3.92. The highest BCUT2D eigenvalue weighted by Gasteiger charge is 2.49. The summed E-state index contributed by atoms with van der Waals surface area (Å²) < 4.78 is 31.2. The summed E-state index contributed by atoms with van der Waals surface area (Å²) in [5.41, 5.74) is 0. The van der Waals surface area contributed by atoms with Crippen LogP contribution in [0.15, 0.2) is 0 Å². The lowest BCUT2D eigenvalue weighted by Gasteiger charge is -2.25. The average Bonchev–Trinajstić information content (AvgIpc) is 3.26. The topological polar surface area (TPSA) is 66.5 Å². The Hall–Kier alpha value is -0.730. The molecule has 7 nitrogen and oxygen atoms in total. The Bertz CT molecular complexity index is 604. The van der Waals surface area contributed by atoms with Crippen molar-refractivity contribution in [3.8, 4) is 0 Å². The molecule has 1 aliphatic rings. The van der Waals surface area contributed by atoms with E-state index in [1.165, 1.54) is 77.0 Å². The summed E-state index contributed by atoms with van der Waals surface area (Å²) in [5.74, 6) is -0.540. The third-order valence-corrected chi connectivity index (χ3v) is 7.80. The summed E-state index contributed by atoms with van der Waals surface area (Å²) >= 11 is 0. The summed E-state index contributed by atoms with van der Waals surface area (Å²) in [6, 6.07) is 0. The van der Waals surface area contributed by atoms with Crippen LogP contribution in [-0.4, -0.2) is 76.1 Å². The molecular formula is C34H67NO6. The maximum absolute atomic E-state index is 13.0. The molecule has 7 heteroatoms. The molecule has 1 rings (SSSR count). The normalized spacial score (nSPS) is 21.5. The minimum absolute atomic E-state index is 0.265. The molecule has 0 saturated carbocycles. The second kappa shape index (κ2) is 25.7. The van der Waals surface area contributed by atoms with Crippen LogP contribution in [0.3, 0.4) is 0 Å². The van der Waals surface area contributed by atoms with Gasteiger partial charge in [-0.25, -0.2) is 0 Å². The Balaban J connectivity index is 2.81. The summed E-state index contributed by atoms with van der Waals surface area (Å²) in [5, 5.41) is 0. The predicted molar refractivity (Wildman–Crippen MR) is 168 cm³/mol. The number of unbranched alkanes of at least 4 members (excludes halogenated alkanes) is 15. The number of rotatable bonds is 28. The molecule has 5 atom stereocenters. The van der Waals surface area contributed by atoms with Gasteiger partial charge in [0.15, 0.2) is 12.4 Å². The van der Waals surface area contributed by atoms with Crippen LogP contribution in [0.2, 0.25) is 0 Å². The number of carbonyl (C=O) groups is 1. The number of ether oxygens (including phenoxy) is 5. The smallest absolute Gasteiger partial charge is 0.312 e. The van der Waals surface area contributed by atoms with E-state index in [0.717, 1.165) is 38.5 Å². The minimum atomic E-state index is -0.823. The minimum Gasteiger partial charge on any atom is -0.432 e. The fraction of sp³-hybridized carbons (Fsp3) is 0.971. The Labute approximate surface area is 253 Å². The van der Waals surface area contributed by atoms with E-state index in [-0.39, 0.29) is 11.9 Å². The van der Waals surface area contributed by atoms with Crippen LogP contribution >= 0.6 is 0 Å². The standard InChI is InChI=1S/C34H67NO6/c1-7-10-13-16-19-22-25-37-30-31(38-26-23-20-17-14-11-8-2)34(40-32(36)29(4)28-35(5)6)41-33(30)39-27-24-21-18-15-12-9-3/h29-31,33-34H,7-28H2,1-6H3/t29?,30-,31-,33+,34+/m1/s1. The van der Waals surface area contributed by atoms with Crippen LogP contribution in [0.4, 0.5) is 0 Å². The monoisotopic (exact) mass is 585 g/mol. The van der Waals surface area contributed by atoms with Crippen LogP contribution in [-0.2, 0) is 28.5 Å². The van der Waals surface area contributed by atoms with Gasteiger partial charge in [-0.2, -0.15) is 0 Å². The van der Waals surface area contributed by atoms with Gasteiger partial charge >= 0.3 is 5.97 Å². The van der Waals surface area contributed by atoms with Gasteiger partial charge in [-0.1, -0.05) is 124 Å². The van der Waals surface area contributed by atoms with E-state index >= 15 is 0 Å². The van der Waals surface area contributed by atoms with Crippen molar-refractivity contribution in [2.24, 2.45) is 5.92 Å². The van der Waals surface area contributed by atoms with E-state index in [1.54, 1.807) is 0 Å². The first kappa shape index (κ1) is 38.3. The van der Waals surface area contributed by atoms with Crippen molar-refractivity contribution in [1.82, 2.24) is 4.90 Å². The Morgan fingerprint density at radius 3 is 1.44 bits per heavy atom. The van der Waals surface area contributed by atoms with Crippen molar-refractivity contribution < 1.29 is 28.5 Å². The molecule has 1 saturated heterocycles. The summed E-state index contributed by atoms with van der Waals surface area (Å²) in [4.78, 5) is 15.0. The van der Waals surface area contributed by atoms with Crippen LogP contribution in [0.1, 0.15) is 143 Å². The molecule has 1 aliphatic heterocycles. The molecule has 0 spiro atoms. The second-order valence-electron chi connectivity index (χ2n) is 12.3. The molecule has 0 N–H and O–H groups in total. The molecule has 1 unspecified atom stereocenters. The highest BCUT2D eigenvalue weighted by atomic mass is 16.8. The molecule has 0 aromatic rings. The zero-order valence-electron chi connectivity index (χ0n) is 27.8. The first-order valence-corrected chi connectivity index (χ1v) is 17.3. The fourth-order valence-electron chi connectivity index (χ4n) is 5.31. The first-order valence-electron chi connectivity index (χ1n) is 17.3. The first-order chi connectivity index (χ1) is 19.9. The van der Waals surface area contributed by atoms with Gasteiger partial charge in [0, 0.05) is 26.4 Å². The van der Waals surface area contributed by atoms with E-state index in [4.69, 9.17) is 23.7 Å². The molecule has 0 bridgehead atoms. The Kier molecular flexibility index (Phi) is 24.0. The van der Waals surface area contributed by atoms with Crippen LogP contribution in [0, 0.1) is 5.92 Å². The molecule has 0 amide bonds. The third-order valence-electron chi connectivity index (χ3n) is 7.80. The molecule has 244 valence electrons. The second-order valence-corrected chi connectivity index (χ2v) is 12.3. The van der Waals surface area contributed by atoms with Gasteiger partial charge in [0.25, 0.3) is 0 Å². The Morgan fingerprint density at radius 1 is 0.610 bits per heavy atom. The maximum atomic E-state index is 13.0. The van der Waals surface area contributed by atoms with E-state index < -0.39 is 24.8 Å². The molecule has 41 heavy (non-hydrogen) atoms. The predicted octanol–water partition coefficient (Wildman–Crippen LogP) is 8.28. The summed E-state index contributed by atoms with van der Waals surface area (Å²) in [6.07, 6.45) is 19.2. The van der Waals surface area contributed by atoms with Gasteiger partial charge in [-0.15, -0.1) is 0 Å². The quantitative estimate of drug-likeness (QED) is 0.0676. The van der Waals surface area contributed by atoms with Crippen molar-refractivity contribution in [3.05, 3.63) is 0 Å². The van der Waals surface area contributed by atoms with Crippen LogP contribution < -0.4 is 0 Å². The maximum Gasteiger partial charge on any atom is 0.312 e. The van der Waals surface area contributed by atoms with Crippen molar-refractivity contribution >= 4 is 5.97 Å². The Morgan fingerprint density at radius 2 is 1.00 bits per heavy atom. The van der Waals surface area contributed by atoms with Gasteiger partial charge in [-0.05, 0) is 33.4 Å². The molecule has 0 aliphatic carbocycles. The third kappa shape index (κ3) is 18.5. The van der Waals surface area contributed by atoms with Gasteiger partial charge in [-0.3, -0.25) is 4.79 Å². The lowest BCUT2D eigenvalue weighted by Crippen LogP contribution is -2.41. The highest BCUT2D eigenvalue weighted by molar-refractivity contribution is 5.72. The molecule has 0 aromatic carbocycles. The van der Waals surface area contributed by atoms with Crippen molar-refractivity contribution in [2.75, 3.05) is 40.5 Å². The van der Waals surface area contributed by atoms with Crippen molar-refractivity contribution in [1.29, 1.82) is 0 Å². The number of hydrogen-bond donors (Lipinski definition) is 0. The fourth-order valence-corrected chi connectivity index (χ4v) is 5.31. The van der Waals surface area contributed by atoms with Gasteiger partial charge in [0.05, 0.1) is 5.92 Å². The lowest BCUT2D eigenvalue weighted by molar-refractivity contribution is -0.227. The van der Waals surface area contributed by atoms with Crippen molar-refractivity contribution in [3.63, 3.8) is 0 Å². The number of carbonyl (C=O) groups excluding carboxylic acids is 1. The van der Waals surface area contributed by atoms with Crippen LogP contribution in [0.5, 0.6) is 0 Å². The van der Waals surface area contributed by atoms with E-state index in [0.29, 0.717) is 26.4 Å². The van der Waals surface area contributed by atoms with Gasteiger partial charge < -0.3 is 28.6 Å². The lowest BCUT2D eigenvalue weighted by atomic mass is 10.1. The molecule has 0 radical (unpaired) electrons. The molecule has 1 fully saturated rings. The number of nitrogens with zero attached hydrogens (tertiary/aromatic N) is 1. The van der Waals surface area contributed by atoms with E-state index in [9.17, 15) is 4.79 Å². The molecule has 0 aromatic heterocycles. The van der Waals surface area contributed by atoms with Gasteiger partial charge in [0.1, 0.15) is 6.10 Å². The highest BCUT2D eigenvalue weighted by Crippen LogP contribution is 2.30. The van der Waals surface area contributed by atoms with Crippen molar-refractivity contribution in [2.45, 2.75) is 168 Å². The zero-order valence-corrected chi connectivity index (χ0v) is 27.8. The van der Waals surface area contributed by atoms with E-state index in [1.807, 2.05) is 25.9 Å². The summed E-state index contributed by atoms with van der Waals surface area (Å²) in [6.45, 7) is 11.1. The largest absolute Gasteiger partial charge is 0.432 e. The molecular weight excluding hydrogens is 518 g/mol. The number of esters is 1.